The Balaban J connectivity index is 1.63. The quantitative estimate of drug-likeness (QED) is 0.655. The zero-order valence-electron chi connectivity index (χ0n) is 14.0. The van der Waals surface area contributed by atoms with Crippen molar-refractivity contribution in [3.05, 3.63) is 58.6 Å². The van der Waals surface area contributed by atoms with E-state index in [0.717, 1.165) is 18.8 Å². The van der Waals surface area contributed by atoms with Gasteiger partial charge in [0.15, 0.2) is 0 Å². The number of carbonyl (C=O) groups is 1. The number of halogens is 1. The van der Waals surface area contributed by atoms with Crippen LogP contribution in [0.1, 0.15) is 28.8 Å². The summed E-state index contributed by atoms with van der Waals surface area (Å²) in [6.07, 6.45) is 3.97. The molecule has 0 unspecified atom stereocenters. The molecule has 2 aromatic carbocycles. The lowest BCUT2D eigenvalue weighted by Gasteiger charge is -2.17. The fraction of sp³-hybridized carbons (Fsp3) is 0.263. The molecule has 1 aliphatic rings. The molecule has 1 saturated heterocycles. The average molecular weight is 358 g/mol. The highest BCUT2D eigenvalue weighted by molar-refractivity contribution is 6.30. The predicted octanol–water partition coefficient (Wildman–Crippen LogP) is 3.71. The maximum Gasteiger partial charge on any atom is 0.271 e. The van der Waals surface area contributed by atoms with Crippen LogP contribution in [0.4, 0.5) is 5.69 Å². The van der Waals surface area contributed by atoms with Gasteiger partial charge in [-0.05, 0) is 55.3 Å². The van der Waals surface area contributed by atoms with E-state index in [1.54, 1.807) is 25.3 Å². The Kier molecular flexibility index (Phi) is 5.56. The number of rotatable bonds is 5. The van der Waals surface area contributed by atoms with Gasteiger partial charge in [0.1, 0.15) is 5.75 Å². The summed E-state index contributed by atoms with van der Waals surface area (Å²) in [4.78, 5) is 14.5. The van der Waals surface area contributed by atoms with Gasteiger partial charge in [0.2, 0.25) is 0 Å². The van der Waals surface area contributed by atoms with Crippen LogP contribution in [-0.2, 0) is 0 Å². The van der Waals surface area contributed by atoms with Crippen LogP contribution < -0.4 is 15.1 Å². The van der Waals surface area contributed by atoms with Gasteiger partial charge in [0.25, 0.3) is 5.91 Å². The van der Waals surface area contributed by atoms with Gasteiger partial charge in [-0.2, -0.15) is 5.10 Å². The maximum atomic E-state index is 12.2. The van der Waals surface area contributed by atoms with E-state index in [1.165, 1.54) is 19.1 Å². The number of ether oxygens (including phenoxy) is 1. The van der Waals surface area contributed by atoms with Gasteiger partial charge in [-0.15, -0.1) is 0 Å². The molecular formula is C19H20ClN3O2. The minimum atomic E-state index is -0.259. The van der Waals surface area contributed by atoms with E-state index < -0.39 is 0 Å². The third kappa shape index (κ3) is 4.31. The third-order valence-electron chi connectivity index (χ3n) is 4.16. The molecule has 0 saturated carbocycles. The first-order valence-corrected chi connectivity index (χ1v) is 8.57. The van der Waals surface area contributed by atoms with Crippen molar-refractivity contribution in [3.8, 4) is 5.75 Å². The lowest BCUT2D eigenvalue weighted by atomic mass is 10.2. The van der Waals surface area contributed by atoms with Gasteiger partial charge < -0.3 is 9.64 Å². The molecule has 0 radical (unpaired) electrons. The number of benzene rings is 2. The Hall–Kier alpha value is -2.53. The van der Waals surface area contributed by atoms with E-state index in [1.807, 2.05) is 24.3 Å². The number of nitrogens with one attached hydrogen (secondary N) is 1. The van der Waals surface area contributed by atoms with Gasteiger partial charge in [0.05, 0.1) is 13.3 Å². The molecule has 1 fully saturated rings. The summed E-state index contributed by atoms with van der Waals surface area (Å²) in [5.74, 6) is 0.377. The highest BCUT2D eigenvalue weighted by atomic mass is 35.5. The van der Waals surface area contributed by atoms with Crippen molar-refractivity contribution in [2.24, 2.45) is 5.10 Å². The summed E-state index contributed by atoms with van der Waals surface area (Å²) >= 11 is 5.97. The molecule has 0 spiro atoms. The fourth-order valence-corrected chi connectivity index (χ4v) is 3.01. The van der Waals surface area contributed by atoms with Gasteiger partial charge in [-0.1, -0.05) is 11.6 Å². The van der Waals surface area contributed by atoms with Crippen molar-refractivity contribution in [2.45, 2.75) is 12.8 Å². The smallest absolute Gasteiger partial charge is 0.271 e. The Labute approximate surface area is 152 Å². The lowest BCUT2D eigenvalue weighted by molar-refractivity contribution is 0.0955. The van der Waals surface area contributed by atoms with Crippen molar-refractivity contribution in [1.29, 1.82) is 0 Å². The van der Waals surface area contributed by atoms with Gasteiger partial charge in [0, 0.05) is 34.9 Å². The first-order chi connectivity index (χ1) is 12.2. The second kappa shape index (κ2) is 8.03. The normalized spacial score (nSPS) is 14.1. The largest absolute Gasteiger partial charge is 0.496 e. The SMILES string of the molecule is COc1ccc(Cl)cc1/C=N\NC(=O)c1ccc(N2CCCC2)cc1. The monoisotopic (exact) mass is 357 g/mol. The molecule has 25 heavy (non-hydrogen) atoms. The fourth-order valence-electron chi connectivity index (χ4n) is 2.83. The minimum Gasteiger partial charge on any atom is -0.496 e. The van der Waals surface area contributed by atoms with Gasteiger partial charge in [-0.25, -0.2) is 5.43 Å². The number of methoxy groups -OCH3 is 1. The Bertz CT molecular complexity index is 769. The molecule has 0 aliphatic carbocycles. The second-order valence-electron chi connectivity index (χ2n) is 5.83. The first kappa shape index (κ1) is 17.3. The van der Waals surface area contributed by atoms with E-state index in [2.05, 4.69) is 15.4 Å². The summed E-state index contributed by atoms with van der Waals surface area (Å²) < 4.78 is 5.24. The number of hydrogen-bond donors (Lipinski definition) is 1. The van der Waals surface area contributed by atoms with E-state index in [4.69, 9.17) is 16.3 Å². The molecule has 3 rings (SSSR count). The molecule has 1 N–H and O–H groups in total. The second-order valence-corrected chi connectivity index (χ2v) is 6.26. The topological polar surface area (TPSA) is 53.9 Å². The highest BCUT2D eigenvalue weighted by Crippen LogP contribution is 2.21. The number of anilines is 1. The summed E-state index contributed by atoms with van der Waals surface area (Å²) in [6, 6.07) is 12.8. The average Bonchev–Trinajstić information content (AvgIpc) is 3.17. The molecule has 1 heterocycles. The van der Waals surface area contributed by atoms with Crippen LogP contribution in [0.25, 0.3) is 0 Å². The molecule has 2 aromatic rings. The van der Waals surface area contributed by atoms with Gasteiger partial charge >= 0.3 is 0 Å². The number of amides is 1. The zero-order chi connectivity index (χ0) is 17.6. The number of nitrogens with zero attached hydrogens (tertiary/aromatic N) is 2. The lowest BCUT2D eigenvalue weighted by Crippen LogP contribution is -2.19. The van der Waals surface area contributed by atoms with Crippen molar-refractivity contribution in [3.63, 3.8) is 0 Å². The van der Waals surface area contributed by atoms with Crippen LogP contribution in [0.15, 0.2) is 47.6 Å². The Morgan fingerprint density at radius 1 is 1.20 bits per heavy atom. The minimum absolute atomic E-state index is 0.259. The van der Waals surface area contributed by atoms with E-state index in [-0.39, 0.29) is 5.91 Å². The molecule has 1 aliphatic heterocycles. The molecule has 5 nitrogen and oxygen atoms in total. The molecule has 130 valence electrons. The van der Waals surface area contributed by atoms with Crippen LogP contribution in [0.5, 0.6) is 5.75 Å². The molecule has 0 atom stereocenters. The van der Waals surface area contributed by atoms with Crippen molar-refractivity contribution in [1.82, 2.24) is 5.43 Å². The van der Waals surface area contributed by atoms with Crippen LogP contribution >= 0.6 is 11.6 Å². The van der Waals surface area contributed by atoms with E-state index in [0.29, 0.717) is 21.9 Å². The molecular weight excluding hydrogens is 338 g/mol. The molecule has 6 heteroatoms. The number of hydrogen-bond acceptors (Lipinski definition) is 4. The summed E-state index contributed by atoms with van der Waals surface area (Å²) in [5.41, 5.74) is 4.94. The summed E-state index contributed by atoms with van der Waals surface area (Å²) in [7, 11) is 1.57. The highest BCUT2D eigenvalue weighted by Gasteiger charge is 2.12. The molecule has 1 amide bonds. The molecule has 0 aromatic heterocycles. The number of hydrazone groups is 1. The van der Waals surface area contributed by atoms with Crippen molar-refractivity contribution >= 4 is 29.4 Å². The van der Waals surface area contributed by atoms with Crippen LogP contribution in [0.2, 0.25) is 5.02 Å². The van der Waals surface area contributed by atoms with Crippen LogP contribution in [0.3, 0.4) is 0 Å². The Morgan fingerprint density at radius 2 is 1.92 bits per heavy atom. The third-order valence-corrected chi connectivity index (χ3v) is 4.40. The van der Waals surface area contributed by atoms with Crippen molar-refractivity contribution < 1.29 is 9.53 Å². The summed E-state index contributed by atoms with van der Waals surface area (Å²) in [6.45, 7) is 2.16. The van der Waals surface area contributed by atoms with Crippen molar-refractivity contribution in [2.75, 3.05) is 25.1 Å². The van der Waals surface area contributed by atoms with E-state index in [9.17, 15) is 4.79 Å². The molecule has 0 bridgehead atoms. The first-order valence-electron chi connectivity index (χ1n) is 8.19. The number of carbonyl (C=O) groups excluding carboxylic acids is 1. The van der Waals surface area contributed by atoms with E-state index >= 15 is 0 Å². The Morgan fingerprint density at radius 3 is 2.60 bits per heavy atom. The van der Waals surface area contributed by atoms with Gasteiger partial charge in [-0.3, -0.25) is 4.79 Å². The maximum absolute atomic E-state index is 12.2. The van der Waals surface area contributed by atoms with Crippen LogP contribution in [-0.4, -0.2) is 32.3 Å². The zero-order valence-corrected chi connectivity index (χ0v) is 14.8. The van der Waals surface area contributed by atoms with Crippen LogP contribution in [0, 0.1) is 0 Å². The predicted molar refractivity (Wildman–Crippen MR) is 101 cm³/mol. The standard InChI is InChI=1S/C19H20ClN3O2/c1-25-18-9-6-16(20)12-15(18)13-21-22-19(24)14-4-7-17(8-5-14)23-10-2-3-11-23/h4-9,12-13H,2-3,10-11H2,1H3,(H,22,24)/b21-13-. The summed E-state index contributed by atoms with van der Waals surface area (Å²) in [5, 5.41) is 4.57.